The normalized spacial score (nSPS) is 22.3. The molecule has 0 saturated heterocycles. The van der Waals surface area contributed by atoms with Gasteiger partial charge in [-0.05, 0) is 71.3 Å². The van der Waals surface area contributed by atoms with Crippen LogP contribution in [-0.2, 0) is 9.53 Å². The van der Waals surface area contributed by atoms with Crippen LogP contribution in [0, 0.1) is 5.92 Å². The van der Waals surface area contributed by atoms with Gasteiger partial charge in [-0.2, -0.15) is 13.2 Å². The Kier molecular flexibility index (Phi) is 13.7. The molecule has 8 nitrogen and oxygen atoms in total. The molecule has 2 amide bonds. The van der Waals surface area contributed by atoms with E-state index in [2.05, 4.69) is 17.1 Å². The van der Waals surface area contributed by atoms with Gasteiger partial charge in [0.1, 0.15) is 5.75 Å². The van der Waals surface area contributed by atoms with E-state index >= 15 is 0 Å². The Morgan fingerprint density at radius 3 is 2.65 bits per heavy atom. The standard InChI is InChI=1S/C29H46F3N3O5/c1-6-14-34(5)18-26-20(2)17-35(21(3)19-36)28(38)24-16-23(33-27(37)12-13-29(30,31)32)10-11-25(24)40-22(4)9-7-8-15-39-26/h10-11,16,20-22,26,36H,6-9,12-15,17-19H2,1-5H3,(H,33,37)/t20-,21-,22-,26-/m1/s1. The predicted octanol–water partition coefficient (Wildman–Crippen LogP) is 5.10. The summed E-state index contributed by atoms with van der Waals surface area (Å²) >= 11 is 0. The van der Waals surface area contributed by atoms with Gasteiger partial charge < -0.3 is 29.7 Å². The lowest BCUT2D eigenvalue weighted by Crippen LogP contribution is -2.47. The Morgan fingerprint density at radius 2 is 2.00 bits per heavy atom. The number of likely N-dealkylation sites (N-methyl/N-ethyl adjacent to an activating group) is 1. The van der Waals surface area contributed by atoms with Crippen molar-refractivity contribution in [2.24, 2.45) is 5.92 Å². The smallest absolute Gasteiger partial charge is 0.389 e. The van der Waals surface area contributed by atoms with E-state index in [1.165, 1.54) is 12.1 Å². The maximum atomic E-state index is 14.0. The van der Waals surface area contributed by atoms with Crippen LogP contribution in [0.1, 0.15) is 76.6 Å². The molecule has 0 saturated carbocycles. The molecule has 2 rings (SSSR count). The Bertz CT molecular complexity index is 946. The molecule has 11 heteroatoms. The lowest BCUT2D eigenvalue weighted by molar-refractivity contribution is -0.142. The number of fused-ring (bicyclic) bond motifs is 1. The van der Waals surface area contributed by atoms with Gasteiger partial charge in [-0.1, -0.05) is 13.8 Å². The van der Waals surface area contributed by atoms with Crippen molar-refractivity contribution < 1.29 is 37.3 Å². The largest absolute Gasteiger partial charge is 0.490 e. The monoisotopic (exact) mass is 573 g/mol. The van der Waals surface area contributed by atoms with Crippen LogP contribution in [0.15, 0.2) is 18.2 Å². The summed E-state index contributed by atoms with van der Waals surface area (Å²) in [6, 6.07) is 3.99. The van der Waals surface area contributed by atoms with E-state index in [-0.39, 0.29) is 36.0 Å². The van der Waals surface area contributed by atoms with Gasteiger partial charge in [0.15, 0.2) is 0 Å². The third kappa shape index (κ3) is 11.2. The minimum Gasteiger partial charge on any atom is -0.490 e. The lowest BCUT2D eigenvalue weighted by atomic mass is 10.0. The average Bonchev–Trinajstić information content (AvgIpc) is 2.88. The van der Waals surface area contributed by atoms with Crippen LogP contribution >= 0.6 is 0 Å². The number of nitrogens with zero attached hydrogens (tertiary/aromatic N) is 2. The van der Waals surface area contributed by atoms with Crippen molar-refractivity contribution in [1.82, 2.24) is 9.80 Å². The van der Waals surface area contributed by atoms with Crippen LogP contribution in [0.5, 0.6) is 5.75 Å². The van der Waals surface area contributed by atoms with Crippen LogP contribution in [0.2, 0.25) is 0 Å². The van der Waals surface area contributed by atoms with Crippen molar-refractivity contribution in [2.45, 2.75) is 90.6 Å². The number of carbonyl (C=O) groups excluding carboxylic acids is 2. The third-order valence-electron chi connectivity index (χ3n) is 7.07. The third-order valence-corrected chi connectivity index (χ3v) is 7.07. The Labute approximate surface area is 236 Å². The maximum absolute atomic E-state index is 14.0. The fourth-order valence-corrected chi connectivity index (χ4v) is 4.72. The molecule has 1 aliphatic rings. The van der Waals surface area contributed by atoms with Gasteiger partial charge in [0.25, 0.3) is 5.91 Å². The van der Waals surface area contributed by atoms with Gasteiger partial charge >= 0.3 is 6.18 Å². The Hall–Kier alpha value is -2.37. The first-order valence-corrected chi connectivity index (χ1v) is 14.2. The van der Waals surface area contributed by atoms with Gasteiger partial charge in [0.2, 0.25) is 5.91 Å². The summed E-state index contributed by atoms with van der Waals surface area (Å²) in [4.78, 5) is 30.0. The second-order valence-corrected chi connectivity index (χ2v) is 10.9. The molecule has 0 aliphatic carbocycles. The fourth-order valence-electron chi connectivity index (χ4n) is 4.72. The molecule has 228 valence electrons. The number of hydrogen-bond donors (Lipinski definition) is 2. The minimum atomic E-state index is -4.45. The van der Waals surface area contributed by atoms with Crippen LogP contribution in [0.25, 0.3) is 0 Å². The van der Waals surface area contributed by atoms with Gasteiger partial charge in [-0.3, -0.25) is 9.59 Å². The number of rotatable bonds is 9. The number of carbonyl (C=O) groups is 2. The summed E-state index contributed by atoms with van der Waals surface area (Å²) in [7, 11) is 2.05. The highest BCUT2D eigenvalue weighted by atomic mass is 19.4. The Morgan fingerprint density at radius 1 is 1.27 bits per heavy atom. The summed E-state index contributed by atoms with van der Waals surface area (Å²) in [6.45, 7) is 10.1. The van der Waals surface area contributed by atoms with Crippen molar-refractivity contribution in [3.05, 3.63) is 23.8 Å². The second-order valence-electron chi connectivity index (χ2n) is 10.9. The molecule has 1 aliphatic heterocycles. The highest BCUT2D eigenvalue weighted by molar-refractivity contribution is 5.99. The van der Waals surface area contributed by atoms with E-state index in [0.717, 1.165) is 32.2 Å². The van der Waals surface area contributed by atoms with Crippen molar-refractivity contribution in [2.75, 3.05) is 45.2 Å². The zero-order valence-electron chi connectivity index (χ0n) is 24.4. The van der Waals surface area contributed by atoms with Crippen LogP contribution < -0.4 is 10.1 Å². The average molecular weight is 574 g/mol. The highest BCUT2D eigenvalue weighted by Gasteiger charge is 2.31. The van der Waals surface area contributed by atoms with E-state index < -0.39 is 36.9 Å². The fraction of sp³-hybridized carbons (Fsp3) is 0.724. The first-order chi connectivity index (χ1) is 18.8. The van der Waals surface area contributed by atoms with Gasteiger partial charge in [-0.25, -0.2) is 0 Å². The van der Waals surface area contributed by atoms with Crippen molar-refractivity contribution in [3.8, 4) is 5.75 Å². The van der Waals surface area contributed by atoms with E-state index in [0.29, 0.717) is 25.4 Å². The molecule has 0 spiro atoms. The number of aliphatic hydroxyl groups is 1. The van der Waals surface area contributed by atoms with Crippen LogP contribution in [0.3, 0.4) is 0 Å². The highest BCUT2D eigenvalue weighted by Crippen LogP contribution is 2.29. The molecular weight excluding hydrogens is 527 g/mol. The molecule has 1 aromatic rings. The Balaban J connectivity index is 2.42. The number of anilines is 1. The van der Waals surface area contributed by atoms with Crippen molar-refractivity contribution in [3.63, 3.8) is 0 Å². The summed E-state index contributed by atoms with van der Waals surface area (Å²) in [6.07, 6.45) is -3.27. The number of alkyl halides is 3. The number of benzene rings is 1. The quantitative estimate of drug-likeness (QED) is 0.427. The van der Waals surface area contributed by atoms with Gasteiger partial charge in [0.05, 0.1) is 36.8 Å². The molecule has 0 fully saturated rings. The molecular formula is C29H46F3N3O5. The van der Waals surface area contributed by atoms with E-state index in [1.807, 2.05) is 20.9 Å². The molecule has 4 atom stereocenters. The summed E-state index contributed by atoms with van der Waals surface area (Å²) in [5.74, 6) is -0.945. The van der Waals surface area contributed by atoms with E-state index in [9.17, 15) is 27.9 Å². The number of nitrogens with one attached hydrogen (secondary N) is 1. The number of ether oxygens (including phenoxy) is 2. The summed E-state index contributed by atoms with van der Waals surface area (Å²) < 4.78 is 50.2. The topological polar surface area (TPSA) is 91.3 Å². The zero-order valence-corrected chi connectivity index (χ0v) is 24.4. The number of aliphatic hydroxyl groups excluding tert-OH is 1. The summed E-state index contributed by atoms with van der Waals surface area (Å²) in [5.41, 5.74) is 0.370. The number of hydrogen-bond acceptors (Lipinski definition) is 6. The molecule has 2 N–H and O–H groups in total. The van der Waals surface area contributed by atoms with E-state index in [1.54, 1.807) is 17.9 Å². The number of amides is 2. The van der Waals surface area contributed by atoms with Crippen molar-refractivity contribution in [1.29, 1.82) is 0 Å². The SMILES string of the molecule is CCCN(C)C[C@H]1OCCCC[C@@H](C)Oc2ccc(NC(=O)CCC(F)(F)F)cc2C(=O)N([C@H](C)CO)C[C@H]1C. The van der Waals surface area contributed by atoms with Crippen LogP contribution in [0.4, 0.5) is 18.9 Å². The maximum Gasteiger partial charge on any atom is 0.389 e. The minimum absolute atomic E-state index is 0.0613. The lowest BCUT2D eigenvalue weighted by Gasteiger charge is -2.35. The van der Waals surface area contributed by atoms with Gasteiger partial charge in [-0.15, -0.1) is 0 Å². The molecule has 0 unspecified atom stereocenters. The predicted molar refractivity (Wildman–Crippen MR) is 149 cm³/mol. The second kappa shape index (κ2) is 16.2. The van der Waals surface area contributed by atoms with Gasteiger partial charge in [0, 0.05) is 37.7 Å². The molecule has 0 aromatic heterocycles. The zero-order chi connectivity index (χ0) is 29.9. The molecule has 0 bridgehead atoms. The molecule has 40 heavy (non-hydrogen) atoms. The molecule has 0 radical (unpaired) electrons. The first kappa shape index (κ1) is 33.8. The summed E-state index contributed by atoms with van der Waals surface area (Å²) in [5, 5.41) is 12.5. The first-order valence-electron chi connectivity index (χ1n) is 14.2. The molecule has 1 heterocycles. The van der Waals surface area contributed by atoms with E-state index in [4.69, 9.17) is 9.47 Å². The van der Waals surface area contributed by atoms with Crippen LogP contribution in [-0.4, -0.2) is 91.0 Å². The number of halogens is 3. The molecule has 1 aromatic carbocycles. The van der Waals surface area contributed by atoms with Crippen molar-refractivity contribution >= 4 is 17.5 Å².